The van der Waals surface area contributed by atoms with Gasteiger partial charge in [-0.15, -0.1) is 0 Å². The van der Waals surface area contributed by atoms with Crippen molar-refractivity contribution in [1.82, 2.24) is 0 Å². The molecule has 0 N–H and O–H groups in total. The number of hydrogen-bond acceptors (Lipinski definition) is 0. The first-order valence-corrected chi connectivity index (χ1v) is 5.98. The average Bonchev–Trinajstić information content (AvgIpc) is 2.23. The summed E-state index contributed by atoms with van der Waals surface area (Å²) in [5.41, 5.74) is 3.92. The Labute approximate surface area is 104 Å². The Morgan fingerprint density at radius 1 is 1.07 bits per heavy atom. The molecule has 0 fully saturated rings. The predicted octanol–water partition coefficient (Wildman–Crippen LogP) is 3.09. The highest BCUT2D eigenvalue weighted by molar-refractivity contribution is 14.1. The first kappa shape index (κ1) is 10.6. The van der Waals surface area contributed by atoms with Gasteiger partial charge in [-0.3, -0.25) is 0 Å². The van der Waals surface area contributed by atoms with Gasteiger partial charge in [0.1, 0.15) is 7.05 Å². The van der Waals surface area contributed by atoms with Crippen molar-refractivity contribution in [2.45, 2.75) is 6.92 Å². The van der Waals surface area contributed by atoms with Crippen LogP contribution < -0.4 is 4.57 Å². The Morgan fingerprint density at radius 3 is 2.60 bits per heavy atom. The monoisotopic (exact) mass is 310 g/mol. The third kappa shape index (κ3) is 2.04. The summed E-state index contributed by atoms with van der Waals surface area (Å²) >= 11 is 2.38. The van der Waals surface area contributed by atoms with Gasteiger partial charge in [0.05, 0.1) is 5.56 Å². The number of benzene rings is 1. The molecular formula is C13H13IN+. The molecule has 0 spiro atoms. The number of nitrogens with zero attached hydrogens (tertiary/aromatic N) is 1. The zero-order valence-electron chi connectivity index (χ0n) is 8.87. The molecule has 0 atom stereocenters. The Bertz CT molecular complexity index is 492. The van der Waals surface area contributed by atoms with Crippen LogP contribution in [0, 0.1) is 10.5 Å². The van der Waals surface area contributed by atoms with Crippen molar-refractivity contribution in [3.05, 3.63) is 51.7 Å². The van der Waals surface area contributed by atoms with Crippen LogP contribution in [0.1, 0.15) is 5.56 Å². The predicted molar refractivity (Wildman–Crippen MR) is 70.5 cm³/mol. The van der Waals surface area contributed by atoms with E-state index in [2.05, 4.69) is 77.7 Å². The lowest BCUT2D eigenvalue weighted by Crippen LogP contribution is -2.30. The summed E-state index contributed by atoms with van der Waals surface area (Å²) in [4.78, 5) is 0. The van der Waals surface area contributed by atoms with Crippen molar-refractivity contribution in [3.63, 3.8) is 0 Å². The highest BCUT2D eigenvalue weighted by atomic mass is 127. The molecule has 0 amide bonds. The van der Waals surface area contributed by atoms with Crippen LogP contribution in [0.4, 0.5) is 0 Å². The van der Waals surface area contributed by atoms with Crippen LogP contribution in [-0.4, -0.2) is 0 Å². The van der Waals surface area contributed by atoms with E-state index < -0.39 is 0 Å². The number of pyridine rings is 1. The molecule has 0 bridgehead atoms. The van der Waals surface area contributed by atoms with Gasteiger partial charge in [-0.05, 0) is 53.3 Å². The summed E-state index contributed by atoms with van der Waals surface area (Å²) in [6.07, 6.45) is 2.08. The van der Waals surface area contributed by atoms with Crippen molar-refractivity contribution in [3.8, 4) is 11.3 Å². The maximum Gasteiger partial charge on any atom is 0.212 e. The lowest BCUT2D eigenvalue weighted by molar-refractivity contribution is -0.660. The van der Waals surface area contributed by atoms with E-state index in [0.29, 0.717) is 0 Å². The normalized spacial score (nSPS) is 10.3. The number of hydrogen-bond donors (Lipinski definition) is 0. The fourth-order valence-corrected chi connectivity index (χ4v) is 2.19. The van der Waals surface area contributed by atoms with E-state index in [9.17, 15) is 0 Å². The van der Waals surface area contributed by atoms with E-state index >= 15 is 0 Å². The second-order valence-corrected chi connectivity index (χ2v) is 4.77. The highest BCUT2D eigenvalue weighted by Gasteiger charge is 2.11. The SMILES string of the molecule is Cc1c(I)cccc1-c1cccc[n+]1C. The quantitative estimate of drug-likeness (QED) is 0.563. The minimum absolute atomic E-state index is 1.26. The van der Waals surface area contributed by atoms with Crippen LogP contribution in [0.25, 0.3) is 11.3 Å². The molecule has 0 saturated heterocycles. The molecule has 2 aromatic rings. The summed E-state index contributed by atoms with van der Waals surface area (Å²) < 4.78 is 3.47. The maximum atomic E-state index is 2.38. The Kier molecular flexibility index (Phi) is 3.05. The van der Waals surface area contributed by atoms with Crippen molar-refractivity contribution >= 4 is 22.6 Å². The van der Waals surface area contributed by atoms with Gasteiger partial charge in [0.25, 0.3) is 0 Å². The molecule has 76 valence electrons. The highest BCUT2D eigenvalue weighted by Crippen LogP contribution is 2.23. The minimum atomic E-state index is 1.26. The smallest absolute Gasteiger partial charge is 0.201 e. The first-order chi connectivity index (χ1) is 7.20. The first-order valence-electron chi connectivity index (χ1n) is 4.90. The largest absolute Gasteiger partial charge is 0.212 e. The van der Waals surface area contributed by atoms with Crippen LogP contribution in [0.2, 0.25) is 0 Å². The van der Waals surface area contributed by atoms with Gasteiger partial charge >= 0.3 is 0 Å². The molecule has 15 heavy (non-hydrogen) atoms. The molecular weight excluding hydrogens is 297 g/mol. The molecule has 0 aliphatic carbocycles. The van der Waals surface area contributed by atoms with E-state index in [1.807, 2.05) is 6.07 Å². The molecule has 1 aromatic carbocycles. The summed E-state index contributed by atoms with van der Waals surface area (Å²) in [7, 11) is 2.08. The van der Waals surface area contributed by atoms with Crippen molar-refractivity contribution < 1.29 is 4.57 Å². The van der Waals surface area contributed by atoms with Crippen molar-refractivity contribution in [2.24, 2.45) is 7.05 Å². The van der Waals surface area contributed by atoms with E-state index in [1.54, 1.807) is 0 Å². The van der Waals surface area contributed by atoms with E-state index in [4.69, 9.17) is 0 Å². The Balaban J connectivity index is 2.65. The fraction of sp³-hybridized carbons (Fsp3) is 0.154. The second-order valence-electron chi connectivity index (χ2n) is 3.61. The molecule has 2 heteroatoms. The molecule has 0 aliphatic rings. The van der Waals surface area contributed by atoms with Crippen LogP contribution in [0.3, 0.4) is 0 Å². The zero-order valence-corrected chi connectivity index (χ0v) is 11.0. The van der Waals surface area contributed by atoms with Gasteiger partial charge in [0.2, 0.25) is 5.69 Å². The van der Waals surface area contributed by atoms with Gasteiger partial charge in [-0.1, -0.05) is 6.07 Å². The summed E-state index contributed by atoms with van der Waals surface area (Å²) in [5, 5.41) is 0. The number of rotatable bonds is 1. The van der Waals surface area contributed by atoms with E-state index in [1.165, 1.54) is 20.4 Å². The average molecular weight is 310 g/mol. The van der Waals surface area contributed by atoms with E-state index in [-0.39, 0.29) is 0 Å². The van der Waals surface area contributed by atoms with Gasteiger partial charge in [0.15, 0.2) is 6.20 Å². The second kappa shape index (κ2) is 4.31. The Morgan fingerprint density at radius 2 is 1.87 bits per heavy atom. The zero-order chi connectivity index (χ0) is 10.8. The number of aromatic nitrogens is 1. The van der Waals surface area contributed by atoms with Crippen molar-refractivity contribution in [2.75, 3.05) is 0 Å². The molecule has 0 aliphatic heterocycles. The topological polar surface area (TPSA) is 3.88 Å². The molecule has 0 unspecified atom stereocenters. The third-order valence-electron chi connectivity index (χ3n) is 2.60. The maximum absolute atomic E-state index is 2.38. The minimum Gasteiger partial charge on any atom is -0.201 e. The molecule has 1 heterocycles. The number of halogens is 1. The third-order valence-corrected chi connectivity index (χ3v) is 3.77. The summed E-state index contributed by atoms with van der Waals surface area (Å²) in [5.74, 6) is 0. The molecule has 1 nitrogen and oxygen atoms in total. The van der Waals surface area contributed by atoms with Gasteiger partial charge in [-0.2, -0.15) is 0 Å². The van der Waals surface area contributed by atoms with Crippen LogP contribution >= 0.6 is 22.6 Å². The molecule has 2 rings (SSSR count). The van der Waals surface area contributed by atoms with Gasteiger partial charge < -0.3 is 0 Å². The number of aryl methyl sites for hydroxylation is 1. The lowest BCUT2D eigenvalue weighted by Gasteiger charge is -2.05. The summed E-state index contributed by atoms with van der Waals surface area (Å²) in [6, 6.07) is 12.7. The van der Waals surface area contributed by atoms with Crippen LogP contribution in [0.5, 0.6) is 0 Å². The van der Waals surface area contributed by atoms with Crippen LogP contribution in [-0.2, 0) is 7.05 Å². The Hall–Kier alpha value is -0.900. The van der Waals surface area contributed by atoms with Crippen LogP contribution in [0.15, 0.2) is 42.6 Å². The van der Waals surface area contributed by atoms with Gasteiger partial charge in [0, 0.05) is 15.7 Å². The van der Waals surface area contributed by atoms with E-state index in [0.717, 1.165) is 0 Å². The standard InChI is InChI=1S/C13H13IN/c1-10-11(6-5-7-12(10)14)13-8-3-4-9-15(13)2/h3-9H,1-2H3/q+1. The molecule has 0 radical (unpaired) electrons. The molecule has 1 aromatic heterocycles. The van der Waals surface area contributed by atoms with Gasteiger partial charge in [-0.25, -0.2) is 4.57 Å². The fourth-order valence-electron chi connectivity index (χ4n) is 1.69. The molecule has 0 saturated carbocycles. The lowest BCUT2D eigenvalue weighted by atomic mass is 10.1. The summed E-state index contributed by atoms with van der Waals surface area (Å²) in [6.45, 7) is 2.17. The van der Waals surface area contributed by atoms with Crippen molar-refractivity contribution in [1.29, 1.82) is 0 Å².